The second-order valence-corrected chi connectivity index (χ2v) is 2.78. The molecule has 0 atom stereocenters. The SMILES string of the molecule is O=C([O-])c1ccc(-n2cccn2)cc1. The molecule has 4 heteroatoms. The van der Waals surface area contributed by atoms with E-state index in [0.717, 1.165) is 5.69 Å². The molecule has 0 unspecified atom stereocenters. The molecule has 2 aromatic rings. The molecule has 0 amide bonds. The molecule has 0 fully saturated rings. The second kappa shape index (κ2) is 3.33. The number of carbonyl (C=O) groups excluding carboxylic acids is 1. The van der Waals surface area contributed by atoms with Gasteiger partial charge >= 0.3 is 0 Å². The zero-order valence-corrected chi connectivity index (χ0v) is 7.25. The number of carboxylic acids is 1. The van der Waals surface area contributed by atoms with E-state index in [4.69, 9.17) is 0 Å². The van der Waals surface area contributed by atoms with Gasteiger partial charge in [0.25, 0.3) is 0 Å². The Morgan fingerprint density at radius 1 is 1.29 bits per heavy atom. The molecule has 0 aliphatic rings. The maximum atomic E-state index is 10.5. The molecule has 0 aliphatic heterocycles. The predicted molar refractivity (Wildman–Crippen MR) is 47.9 cm³/mol. The summed E-state index contributed by atoms with van der Waals surface area (Å²) in [6.07, 6.45) is 3.45. The Hall–Kier alpha value is -2.10. The molecule has 0 N–H and O–H groups in total. The van der Waals surface area contributed by atoms with E-state index in [1.54, 1.807) is 35.3 Å². The summed E-state index contributed by atoms with van der Waals surface area (Å²) in [5, 5.41) is 14.5. The van der Waals surface area contributed by atoms with E-state index in [1.165, 1.54) is 12.1 Å². The summed E-state index contributed by atoms with van der Waals surface area (Å²) in [5.74, 6) is -1.17. The van der Waals surface area contributed by atoms with Crippen molar-refractivity contribution in [1.82, 2.24) is 9.78 Å². The van der Waals surface area contributed by atoms with E-state index in [9.17, 15) is 9.90 Å². The average Bonchev–Trinajstić information content (AvgIpc) is 2.71. The van der Waals surface area contributed by atoms with Crippen LogP contribution in [0.15, 0.2) is 42.7 Å². The second-order valence-electron chi connectivity index (χ2n) is 2.78. The molecule has 0 saturated heterocycles. The zero-order chi connectivity index (χ0) is 9.97. The van der Waals surface area contributed by atoms with Gasteiger partial charge in [-0.15, -0.1) is 0 Å². The molecule has 70 valence electrons. The van der Waals surface area contributed by atoms with Crippen LogP contribution in [0.4, 0.5) is 0 Å². The van der Waals surface area contributed by atoms with Crippen LogP contribution in [0.25, 0.3) is 5.69 Å². The first kappa shape index (κ1) is 8.50. The summed E-state index contributed by atoms with van der Waals surface area (Å²) in [5.41, 5.74) is 0.987. The van der Waals surface area contributed by atoms with Crippen molar-refractivity contribution in [2.75, 3.05) is 0 Å². The van der Waals surface area contributed by atoms with Gasteiger partial charge in [-0.05, 0) is 23.8 Å². The van der Waals surface area contributed by atoms with Gasteiger partial charge in [-0.1, -0.05) is 12.1 Å². The summed E-state index contributed by atoms with van der Waals surface area (Å²) in [4.78, 5) is 10.5. The summed E-state index contributed by atoms with van der Waals surface area (Å²) in [6, 6.07) is 8.14. The third-order valence-electron chi connectivity index (χ3n) is 1.87. The summed E-state index contributed by atoms with van der Waals surface area (Å²) < 4.78 is 1.65. The van der Waals surface area contributed by atoms with Crippen LogP contribution in [-0.2, 0) is 0 Å². The molecule has 4 nitrogen and oxygen atoms in total. The van der Waals surface area contributed by atoms with Crippen LogP contribution in [0.2, 0.25) is 0 Å². The van der Waals surface area contributed by atoms with Gasteiger partial charge in [-0.25, -0.2) is 4.68 Å². The molecule has 0 bridgehead atoms. The topological polar surface area (TPSA) is 57.9 Å². The Bertz CT molecular complexity index is 432. The van der Waals surface area contributed by atoms with E-state index in [1.807, 2.05) is 0 Å². The lowest BCUT2D eigenvalue weighted by Gasteiger charge is -2.04. The minimum atomic E-state index is -1.17. The lowest BCUT2D eigenvalue weighted by Crippen LogP contribution is -2.22. The molecule has 1 aromatic carbocycles. The Balaban J connectivity index is 2.36. The van der Waals surface area contributed by atoms with E-state index in [0.29, 0.717) is 0 Å². The van der Waals surface area contributed by atoms with Gasteiger partial charge in [-0.2, -0.15) is 5.10 Å². The molecule has 0 radical (unpaired) electrons. The summed E-state index contributed by atoms with van der Waals surface area (Å²) >= 11 is 0. The fraction of sp³-hybridized carbons (Fsp3) is 0. The number of rotatable bonds is 2. The normalized spacial score (nSPS) is 10.0. The number of hydrogen-bond acceptors (Lipinski definition) is 3. The van der Waals surface area contributed by atoms with Crippen molar-refractivity contribution in [2.45, 2.75) is 0 Å². The van der Waals surface area contributed by atoms with Crippen molar-refractivity contribution >= 4 is 5.97 Å². The molecule has 14 heavy (non-hydrogen) atoms. The van der Waals surface area contributed by atoms with Gasteiger partial charge in [0.05, 0.1) is 11.7 Å². The number of carbonyl (C=O) groups is 1. The van der Waals surface area contributed by atoms with Crippen LogP contribution >= 0.6 is 0 Å². The molecule has 0 spiro atoms. The van der Waals surface area contributed by atoms with Gasteiger partial charge in [0.2, 0.25) is 0 Å². The highest BCUT2D eigenvalue weighted by Crippen LogP contribution is 2.07. The number of hydrogen-bond donors (Lipinski definition) is 0. The van der Waals surface area contributed by atoms with Crippen LogP contribution in [0.3, 0.4) is 0 Å². The van der Waals surface area contributed by atoms with Gasteiger partial charge in [0.15, 0.2) is 0 Å². The highest BCUT2D eigenvalue weighted by molar-refractivity contribution is 5.85. The predicted octanol–water partition coefficient (Wildman–Crippen LogP) is 0.236. The largest absolute Gasteiger partial charge is 0.545 e. The van der Waals surface area contributed by atoms with Gasteiger partial charge in [0, 0.05) is 12.4 Å². The number of aromatic carboxylic acids is 1. The third-order valence-corrected chi connectivity index (χ3v) is 1.87. The van der Waals surface area contributed by atoms with Crippen molar-refractivity contribution in [3.63, 3.8) is 0 Å². The molecule has 0 saturated carbocycles. The Kier molecular flexibility index (Phi) is 2.02. The monoisotopic (exact) mass is 187 g/mol. The number of carboxylic acid groups (broad SMARTS) is 1. The zero-order valence-electron chi connectivity index (χ0n) is 7.25. The molecule has 0 aliphatic carbocycles. The summed E-state index contributed by atoms with van der Waals surface area (Å²) in [7, 11) is 0. The third kappa shape index (κ3) is 1.50. The lowest BCUT2D eigenvalue weighted by atomic mass is 10.2. The fourth-order valence-electron chi connectivity index (χ4n) is 1.17. The van der Waals surface area contributed by atoms with E-state index in [2.05, 4.69) is 5.10 Å². The molecule has 2 rings (SSSR count). The van der Waals surface area contributed by atoms with Gasteiger partial charge < -0.3 is 9.90 Å². The first-order chi connectivity index (χ1) is 6.77. The van der Waals surface area contributed by atoms with Crippen molar-refractivity contribution in [2.24, 2.45) is 0 Å². The van der Waals surface area contributed by atoms with E-state index in [-0.39, 0.29) is 5.56 Å². The maximum Gasteiger partial charge on any atom is 0.0715 e. The molecular formula is C10H7N2O2-. The summed E-state index contributed by atoms with van der Waals surface area (Å²) in [6.45, 7) is 0. The quantitative estimate of drug-likeness (QED) is 0.676. The first-order valence-corrected chi connectivity index (χ1v) is 4.09. The highest BCUT2D eigenvalue weighted by Gasteiger charge is 1.96. The average molecular weight is 187 g/mol. The van der Waals surface area contributed by atoms with Crippen molar-refractivity contribution in [3.8, 4) is 5.69 Å². The Labute approximate surface area is 80.4 Å². The Morgan fingerprint density at radius 2 is 2.00 bits per heavy atom. The van der Waals surface area contributed by atoms with Crippen LogP contribution < -0.4 is 5.11 Å². The van der Waals surface area contributed by atoms with Crippen LogP contribution in [0.1, 0.15) is 10.4 Å². The van der Waals surface area contributed by atoms with Crippen LogP contribution in [0, 0.1) is 0 Å². The molecule has 1 heterocycles. The van der Waals surface area contributed by atoms with Crippen LogP contribution in [-0.4, -0.2) is 15.7 Å². The lowest BCUT2D eigenvalue weighted by molar-refractivity contribution is -0.255. The van der Waals surface area contributed by atoms with E-state index < -0.39 is 5.97 Å². The number of benzene rings is 1. The number of aromatic nitrogens is 2. The van der Waals surface area contributed by atoms with Crippen molar-refractivity contribution in [3.05, 3.63) is 48.3 Å². The van der Waals surface area contributed by atoms with Crippen molar-refractivity contribution in [1.29, 1.82) is 0 Å². The molecule has 1 aromatic heterocycles. The number of nitrogens with zero attached hydrogens (tertiary/aromatic N) is 2. The minimum Gasteiger partial charge on any atom is -0.545 e. The van der Waals surface area contributed by atoms with Crippen LogP contribution in [0.5, 0.6) is 0 Å². The Morgan fingerprint density at radius 3 is 2.50 bits per heavy atom. The standard InChI is InChI=1S/C10H8N2O2/c13-10(14)8-2-4-9(5-3-8)12-7-1-6-11-12/h1-7H,(H,13,14)/p-1. The maximum absolute atomic E-state index is 10.5. The smallest absolute Gasteiger partial charge is 0.0715 e. The fourth-order valence-corrected chi connectivity index (χ4v) is 1.17. The first-order valence-electron chi connectivity index (χ1n) is 4.09. The van der Waals surface area contributed by atoms with Crippen molar-refractivity contribution < 1.29 is 9.90 Å². The van der Waals surface area contributed by atoms with Gasteiger partial charge in [-0.3, -0.25) is 0 Å². The molecular weight excluding hydrogens is 180 g/mol. The van der Waals surface area contributed by atoms with E-state index >= 15 is 0 Å². The minimum absolute atomic E-state index is 0.168. The highest BCUT2D eigenvalue weighted by atomic mass is 16.4. The van der Waals surface area contributed by atoms with Gasteiger partial charge in [0.1, 0.15) is 0 Å².